The second-order valence-electron chi connectivity index (χ2n) is 7.39. The van der Waals surface area contributed by atoms with Gasteiger partial charge in [0, 0.05) is 22.2 Å². The molecule has 2 aromatic heterocycles. The largest absolute Gasteiger partial charge is 0.420 e. The minimum atomic E-state index is 0.371. The molecule has 0 radical (unpaired) electrons. The van der Waals surface area contributed by atoms with Crippen molar-refractivity contribution in [1.29, 1.82) is 0 Å². The molecule has 9 heteroatoms. The van der Waals surface area contributed by atoms with Crippen molar-refractivity contribution in [1.82, 2.24) is 25.0 Å². The van der Waals surface area contributed by atoms with Crippen molar-refractivity contribution in [2.24, 2.45) is 0 Å². The predicted molar refractivity (Wildman–Crippen MR) is 122 cm³/mol. The maximum Gasteiger partial charge on any atom is 0.247 e. The first-order valence-corrected chi connectivity index (χ1v) is 11.8. The summed E-state index contributed by atoms with van der Waals surface area (Å²) >= 11 is 14.0. The summed E-state index contributed by atoms with van der Waals surface area (Å²) in [6.07, 6.45) is 4.65. The summed E-state index contributed by atoms with van der Waals surface area (Å²) in [5.41, 5.74) is 1.74. The molecule has 0 bridgehead atoms. The van der Waals surface area contributed by atoms with Crippen LogP contribution in [0.25, 0.3) is 22.8 Å². The van der Waals surface area contributed by atoms with Crippen molar-refractivity contribution in [3.05, 3.63) is 64.5 Å². The number of hydrogen-bond acceptors (Lipinski definition) is 6. The van der Waals surface area contributed by atoms with Gasteiger partial charge in [-0.1, -0.05) is 59.9 Å². The van der Waals surface area contributed by atoms with E-state index in [1.54, 1.807) is 23.9 Å². The molecule has 0 N–H and O–H groups in total. The van der Waals surface area contributed by atoms with Crippen LogP contribution in [0.15, 0.2) is 58.1 Å². The summed E-state index contributed by atoms with van der Waals surface area (Å²) in [6.45, 7) is 0. The van der Waals surface area contributed by atoms with Gasteiger partial charge in [0.1, 0.15) is 0 Å². The van der Waals surface area contributed by atoms with E-state index in [9.17, 15) is 0 Å². The Balaban J connectivity index is 1.40. The highest BCUT2D eigenvalue weighted by molar-refractivity contribution is 7.98. The number of nitrogens with zero attached hydrogens (tertiary/aromatic N) is 5. The summed E-state index contributed by atoms with van der Waals surface area (Å²) in [5, 5.41) is 19.5. The van der Waals surface area contributed by atoms with Crippen LogP contribution in [0.5, 0.6) is 0 Å². The van der Waals surface area contributed by atoms with Crippen LogP contribution in [-0.2, 0) is 5.75 Å². The van der Waals surface area contributed by atoms with Crippen molar-refractivity contribution in [2.45, 2.75) is 42.6 Å². The van der Waals surface area contributed by atoms with Gasteiger partial charge in [-0.2, -0.15) is 0 Å². The molecular formula is C22H19Cl2N5OS. The van der Waals surface area contributed by atoms with Gasteiger partial charge in [0.15, 0.2) is 11.0 Å². The summed E-state index contributed by atoms with van der Waals surface area (Å²) < 4.78 is 8.07. The first-order valence-electron chi connectivity index (χ1n) is 10.1. The van der Waals surface area contributed by atoms with E-state index in [4.69, 9.17) is 27.6 Å². The van der Waals surface area contributed by atoms with Gasteiger partial charge < -0.3 is 4.42 Å². The Morgan fingerprint density at radius 1 is 0.935 bits per heavy atom. The number of benzene rings is 2. The first-order chi connectivity index (χ1) is 15.2. The fourth-order valence-corrected chi connectivity index (χ4v) is 5.03. The molecule has 1 fully saturated rings. The topological polar surface area (TPSA) is 69.6 Å². The van der Waals surface area contributed by atoms with Crippen LogP contribution in [0.4, 0.5) is 0 Å². The summed E-state index contributed by atoms with van der Waals surface area (Å²) in [5.74, 6) is 2.33. The molecule has 0 spiro atoms. The Hall–Kier alpha value is -2.35. The lowest BCUT2D eigenvalue weighted by Gasteiger charge is -2.17. The summed E-state index contributed by atoms with van der Waals surface area (Å²) in [4.78, 5) is 0. The lowest BCUT2D eigenvalue weighted by Crippen LogP contribution is -2.08. The van der Waals surface area contributed by atoms with Gasteiger partial charge in [0.25, 0.3) is 0 Å². The van der Waals surface area contributed by atoms with Crippen LogP contribution in [0, 0.1) is 0 Å². The maximum absolute atomic E-state index is 6.46. The Bertz CT molecular complexity index is 1180. The van der Waals surface area contributed by atoms with E-state index in [0.717, 1.165) is 34.9 Å². The van der Waals surface area contributed by atoms with Crippen LogP contribution >= 0.6 is 35.0 Å². The highest BCUT2D eigenvalue weighted by Crippen LogP contribution is 2.38. The third kappa shape index (κ3) is 4.35. The molecule has 1 aliphatic rings. The molecule has 0 amide bonds. The van der Waals surface area contributed by atoms with E-state index >= 15 is 0 Å². The molecule has 2 heterocycles. The van der Waals surface area contributed by atoms with Crippen molar-refractivity contribution < 1.29 is 4.42 Å². The number of aromatic nitrogens is 5. The molecule has 0 unspecified atom stereocenters. The molecule has 5 rings (SSSR count). The van der Waals surface area contributed by atoms with Crippen LogP contribution in [0.2, 0.25) is 10.0 Å². The fraction of sp³-hybridized carbons (Fsp3) is 0.273. The normalized spacial score (nSPS) is 14.4. The molecule has 0 atom stereocenters. The summed E-state index contributed by atoms with van der Waals surface area (Å²) in [7, 11) is 0. The molecule has 31 heavy (non-hydrogen) atoms. The Morgan fingerprint density at radius 2 is 1.71 bits per heavy atom. The minimum Gasteiger partial charge on any atom is -0.420 e. The fourth-order valence-electron chi connectivity index (χ4n) is 3.84. The van der Waals surface area contributed by atoms with Crippen LogP contribution < -0.4 is 0 Å². The molecule has 0 aliphatic heterocycles. The first kappa shape index (κ1) is 20.5. The summed E-state index contributed by atoms with van der Waals surface area (Å²) in [6, 6.07) is 15.5. The third-order valence-electron chi connectivity index (χ3n) is 5.35. The Morgan fingerprint density at radius 3 is 2.48 bits per heavy atom. The predicted octanol–water partition coefficient (Wildman–Crippen LogP) is 6.71. The van der Waals surface area contributed by atoms with Crippen molar-refractivity contribution in [3.8, 4) is 22.8 Å². The number of halogens is 2. The quantitative estimate of drug-likeness (QED) is 0.291. The molecular weight excluding hydrogens is 453 g/mol. The monoisotopic (exact) mass is 471 g/mol. The number of rotatable bonds is 6. The second-order valence-corrected chi connectivity index (χ2v) is 9.18. The van der Waals surface area contributed by atoms with Crippen molar-refractivity contribution >= 4 is 35.0 Å². The Labute approximate surface area is 194 Å². The van der Waals surface area contributed by atoms with Gasteiger partial charge in [-0.3, -0.25) is 4.57 Å². The zero-order valence-electron chi connectivity index (χ0n) is 16.5. The van der Waals surface area contributed by atoms with Crippen LogP contribution in [-0.4, -0.2) is 25.0 Å². The maximum atomic E-state index is 6.46. The highest BCUT2D eigenvalue weighted by Gasteiger charge is 2.26. The molecule has 4 aromatic rings. The smallest absolute Gasteiger partial charge is 0.247 e. The van der Waals surface area contributed by atoms with Gasteiger partial charge in [0.05, 0.1) is 10.8 Å². The molecule has 2 aromatic carbocycles. The van der Waals surface area contributed by atoms with Crippen LogP contribution in [0.1, 0.15) is 37.6 Å². The van der Waals surface area contributed by atoms with Gasteiger partial charge in [0.2, 0.25) is 11.8 Å². The van der Waals surface area contributed by atoms with E-state index in [2.05, 4.69) is 25.0 Å². The molecule has 158 valence electrons. The minimum absolute atomic E-state index is 0.371. The molecule has 6 nitrogen and oxygen atoms in total. The SMILES string of the molecule is Clc1ccc(-c2nnc(CSc3nnc(-c4ccccc4Cl)n3C3CCCC3)o2)cc1. The average Bonchev–Trinajstić information content (AvgIpc) is 3.53. The second kappa shape index (κ2) is 9.02. The Kier molecular flexibility index (Phi) is 5.98. The van der Waals surface area contributed by atoms with Crippen LogP contribution in [0.3, 0.4) is 0 Å². The lowest BCUT2D eigenvalue weighted by atomic mass is 10.2. The zero-order chi connectivity index (χ0) is 21.2. The number of hydrogen-bond donors (Lipinski definition) is 0. The average molecular weight is 472 g/mol. The van der Waals surface area contributed by atoms with Gasteiger partial charge in [-0.25, -0.2) is 0 Å². The third-order valence-corrected chi connectivity index (χ3v) is 6.86. The lowest BCUT2D eigenvalue weighted by molar-refractivity contribution is 0.484. The number of thioether (sulfide) groups is 1. The molecule has 1 aliphatic carbocycles. The van der Waals surface area contributed by atoms with Crippen molar-refractivity contribution in [2.75, 3.05) is 0 Å². The standard InChI is InChI=1S/C22H19Cl2N5OS/c23-15-11-9-14(10-12-15)21-27-25-19(30-21)13-31-22-28-26-20(17-7-3-4-8-18(17)24)29(22)16-5-1-2-6-16/h3-4,7-12,16H,1-2,5-6,13H2. The van der Waals surface area contributed by atoms with Gasteiger partial charge >= 0.3 is 0 Å². The van der Waals surface area contributed by atoms with Crippen molar-refractivity contribution in [3.63, 3.8) is 0 Å². The highest BCUT2D eigenvalue weighted by atomic mass is 35.5. The van der Waals surface area contributed by atoms with E-state index in [0.29, 0.717) is 33.6 Å². The van der Waals surface area contributed by atoms with E-state index in [1.165, 1.54) is 12.8 Å². The molecule has 0 saturated heterocycles. The van der Waals surface area contributed by atoms with E-state index < -0.39 is 0 Å². The van der Waals surface area contributed by atoms with E-state index in [1.807, 2.05) is 36.4 Å². The zero-order valence-corrected chi connectivity index (χ0v) is 18.9. The van der Waals surface area contributed by atoms with Gasteiger partial charge in [-0.05, 0) is 49.2 Å². The van der Waals surface area contributed by atoms with Gasteiger partial charge in [-0.15, -0.1) is 20.4 Å². The van der Waals surface area contributed by atoms with E-state index in [-0.39, 0.29) is 0 Å². The molecule has 1 saturated carbocycles.